The number of rotatable bonds is 19. The molecule has 610 valence electrons. The van der Waals surface area contributed by atoms with Crippen LogP contribution in [0.1, 0.15) is 127 Å². The third-order valence-electron chi connectivity index (χ3n) is 20.2. The lowest BCUT2D eigenvalue weighted by molar-refractivity contribution is 0.0514. The minimum Gasteiger partial charge on any atom is -0.497 e. The number of aryl methyl sites for hydroxylation is 1. The van der Waals surface area contributed by atoms with E-state index in [1.807, 2.05) is 154 Å². The Morgan fingerprint density at radius 3 is 1.13 bits per heavy atom. The van der Waals surface area contributed by atoms with Gasteiger partial charge in [0.15, 0.2) is 5.76 Å². The number of piperazine rings is 3. The molecule has 0 spiro atoms. The van der Waals surface area contributed by atoms with E-state index in [0.29, 0.717) is 157 Å². The van der Waals surface area contributed by atoms with Gasteiger partial charge in [-0.3, -0.25) is 28.8 Å². The van der Waals surface area contributed by atoms with Crippen molar-refractivity contribution < 1.29 is 52.1 Å². The molecule has 3 fully saturated rings. The van der Waals surface area contributed by atoms with Gasteiger partial charge in [0.25, 0.3) is 34.4 Å². The van der Waals surface area contributed by atoms with Crippen LogP contribution in [0, 0.1) is 6.92 Å². The first-order valence-electron chi connectivity index (χ1n) is 37.7. The van der Waals surface area contributed by atoms with E-state index in [1.165, 1.54) is 17.6 Å². The maximum Gasteiger partial charge on any atom is 0.345 e. The fourth-order valence-electron chi connectivity index (χ4n) is 14.7. The maximum atomic E-state index is 14.0. The zero-order valence-electron chi connectivity index (χ0n) is 63.8. The van der Waals surface area contributed by atoms with Crippen LogP contribution >= 0.6 is 34.5 Å². The first-order chi connectivity index (χ1) is 55.4. The molecule has 7 aromatic carbocycles. The fourth-order valence-corrected chi connectivity index (χ4v) is 15.8. The van der Waals surface area contributed by atoms with Gasteiger partial charge >= 0.3 is 17.9 Å². The molecule has 26 heteroatoms. The Morgan fingerprint density at radius 2 is 0.778 bits per heavy atom. The van der Waals surface area contributed by atoms with E-state index >= 15 is 0 Å². The van der Waals surface area contributed by atoms with Crippen molar-refractivity contribution >= 4 is 120 Å². The number of nitrogens with zero attached hydrogens (tertiary/aromatic N) is 9. The predicted molar refractivity (Wildman–Crippen MR) is 464 cm³/mol. The van der Waals surface area contributed by atoms with Gasteiger partial charge in [-0.25, -0.2) is 14.4 Å². The molecule has 8 heterocycles. The number of hydrogen-bond acceptors (Lipinski definition) is 18. The van der Waals surface area contributed by atoms with E-state index in [4.69, 9.17) is 46.6 Å². The van der Waals surface area contributed by atoms with Crippen LogP contribution in [0.5, 0.6) is 5.75 Å². The number of thiophene rings is 1. The van der Waals surface area contributed by atoms with Crippen molar-refractivity contribution in [1.82, 2.24) is 28.4 Å². The number of hydrogen-bond donors (Lipinski definition) is 0. The van der Waals surface area contributed by atoms with Crippen molar-refractivity contribution in [3.05, 3.63) is 302 Å². The van der Waals surface area contributed by atoms with Gasteiger partial charge in [-0.05, 0) is 141 Å². The van der Waals surface area contributed by atoms with Gasteiger partial charge in [0, 0.05) is 110 Å². The molecule has 0 saturated carbocycles. The number of carbonyl (C=O) groups excluding carboxylic acids is 6. The third kappa shape index (κ3) is 19.3. The number of esters is 3. The smallest absolute Gasteiger partial charge is 0.345 e. The zero-order valence-corrected chi connectivity index (χ0v) is 66.1. The molecule has 3 amide bonds. The van der Waals surface area contributed by atoms with Gasteiger partial charge in [0.05, 0.1) is 91.3 Å². The molecule has 0 bridgehead atoms. The van der Waals surface area contributed by atoms with Crippen molar-refractivity contribution in [2.75, 3.05) is 120 Å². The third-order valence-corrected chi connectivity index (χ3v) is 21.6. The molecule has 0 N–H and O–H groups in total. The molecule has 3 saturated heterocycles. The average Bonchev–Trinajstić information content (AvgIpc) is 0.852. The van der Waals surface area contributed by atoms with Gasteiger partial charge < -0.3 is 66.5 Å². The number of pyridine rings is 3. The zero-order chi connectivity index (χ0) is 80.1. The first-order valence-corrected chi connectivity index (χ1v) is 39.4. The first kappa shape index (κ1) is 87.1. The van der Waals surface area contributed by atoms with Crippen molar-refractivity contribution in [3.63, 3.8) is 0 Å². The van der Waals surface area contributed by atoms with E-state index in [2.05, 4.69) is 0 Å². The maximum absolute atomic E-state index is 14.0. The lowest BCUT2D eigenvalue weighted by atomic mass is 10.0. The number of halogens is 2. The monoisotopic (exact) mass is 1640 g/mol. The Morgan fingerprint density at radius 1 is 0.410 bits per heavy atom. The summed E-state index contributed by atoms with van der Waals surface area (Å²) in [5, 5.41) is 5.06. The summed E-state index contributed by atoms with van der Waals surface area (Å²) < 4.78 is 31.4. The Bertz CT molecular complexity index is 5460. The number of aromatic nitrogens is 3. The second-order valence-electron chi connectivity index (χ2n) is 27.3. The number of benzene rings is 7. The Hall–Kier alpha value is -12.3. The molecule has 0 aliphatic carbocycles. The fraction of sp³-hybridized carbons (Fsp3) is 0.286. The summed E-state index contributed by atoms with van der Waals surface area (Å²) in [4.78, 5) is 132. The van der Waals surface area contributed by atoms with Crippen LogP contribution < -0.4 is 36.1 Å². The Labute approximate surface area is 693 Å². The van der Waals surface area contributed by atoms with E-state index in [9.17, 15) is 43.2 Å². The average molecular weight is 1640 g/mol. The number of carbonyl (C=O) groups is 6. The van der Waals surface area contributed by atoms with Crippen LogP contribution in [0.15, 0.2) is 225 Å². The topological polar surface area (TPSA) is 238 Å². The molecule has 23 nitrogen and oxygen atoms in total. The molecular formula is C91H97Cl2N9O14S. The van der Waals surface area contributed by atoms with E-state index in [0.717, 1.165) is 33.2 Å². The van der Waals surface area contributed by atoms with E-state index < -0.39 is 29.0 Å². The van der Waals surface area contributed by atoms with Crippen LogP contribution in [-0.4, -0.2) is 169 Å². The van der Waals surface area contributed by atoms with E-state index in [1.54, 1.807) is 123 Å². The number of amides is 3. The molecule has 12 aromatic rings. The minimum atomic E-state index is -0.680. The van der Waals surface area contributed by atoms with Crippen LogP contribution in [0.25, 0.3) is 32.7 Å². The minimum absolute atomic E-state index is 0. The summed E-state index contributed by atoms with van der Waals surface area (Å²) in [5.41, 5.74) is 6.84. The number of fused-ring (bicyclic) bond motifs is 3. The molecule has 0 unspecified atom stereocenters. The molecule has 3 aliphatic heterocycles. The summed E-state index contributed by atoms with van der Waals surface area (Å²) in [7, 11) is 1.59. The highest BCUT2D eigenvalue weighted by Gasteiger charge is 2.35. The highest BCUT2D eigenvalue weighted by molar-refractivity contribution is 7.12. The van der Waals surface area contributed by atoms with E-state index in [-0.39, 0.29) is 94.4 Å². The molecule has 15 rings (SSSR count). The van der Waals surface area contributed by atoms with Gasteiger partial charge in [0.1, 0.15) is 22.4 Å². The lowest BCUT2D eigenvalue weighted by Gasteiger charge is -2.37. The molecule has 5 aromatic heterocycles. The Balaban J connectivity index is 0.000000183. The van der Waals surface area contributed by atoms with Crippen molar-refractivity contribution in [2.24, 2.45) is 0 Å². The summed E-state index contributed by atoms with van der Waals surface area (Å²) in [6.45, 7) is 13.8. The largest absolute Gasteiger partial charge is 0.497 e. The summed E-state index contributed by atoms with van der Waals surface area (Å²) >= 11 is 14.3. The van der Waals surface area contributed by atoms with Gasteiger partial charge in [-0.2, -0.15) is 0 Å². The van der Waals surface area contributed by atoms with Gasteiger partial charge in [-0.15, -0.1) is 11.3 Å². The summed E-state index contributed by atoms with van der Waals surface area (Å²) in [6, 6.07) is 59.6. The van der Waals surface area contributed by atoms with Crippen molar-refractivity contribution in [2.45, 2.75) is 69.6 Å². The van der Waals surface area contributed by atoms with Crippen molar-refractivity contribution in [1.29, 1.82) is 0 Å². The number of methoxy groups -OCH3 is 1. The van der Waals surface area contributed by atoms with Gasteiger partial charge in [-0.1, -0.05) is 154 Å². The predicted octanol–water partition coefficient (Wildman–Crippen LogP) is 15.8. The van der Waals surface area contributed by atoms with Crippen LogP contribution in [-0.2, 0) is 33.8 Å². The SMILES string of the molecule is C.C.C.CCOC(=O)c1c(N2CCN(C(=O)c3ccc(OC)cc3)CC2)c2cc(C)ccc2n(Cc2ccccc2)c1=O.CCOC(=O)c1c(N2CCN(C(=O)c3ccco3)CC2)c2cc(Cl)ccc2n(Cc2ccccc2)c1=O.CCOC(=O)c1c(N2CCN(C(=O)c3cccs3)CC2)c2cc(Cl)ccc2n(Cc2ccccc2)c1=O. The standard InChI is InChI=1S/C32H33N3O5.C28H26ClN3O5.C28H26ClN3O4S.3CH4/c1-4-40-32(38)28-29(33-16-18-34(19-17-33)30(36)24-11-13-25(39-3)14-12-24)26-20-22(2)10-15-27(26)35(31(28)37)21-23-8-6-5-7-9-23;2*1-2-36-28(35)24-25(30-12-14-31(15-13-30)26(33)23-9-6-16-37-23)21-17-20(29)10-11-22(21)32(27(24)34)18-19-7-4-3-5-8-19;;;/h5-15,20H,4,16-19,21H2,1-3H3;2*3-11,16-17H,2,12-15,18H2,1H3;3*1H4. The molecule has 0 radical (unpaired) electrons. The summed E-state index contributed by atoms with van der Waals surface area (Å²) in [6.07, 6.45) is 1.47. The Kier molecular flexibility index (Phi) is 29.7. The van der Waals surface area contributed by atoms with Crippen LogP contribution in [0.4, 0.5) is 17.1 Å². The molecular weight excluding hydrogens is 1550 g/mol. The highest BCUT2D eigenvalue weighted by atomic mass is 35.5. The highest BCUT2D eigenvalue weighted by Crippen LogP contribution is 2.37. The quantitative estimate of drug-likeness (QED) is 0.0540. The van der Waals surface area contributed by atoms with Crippen molar-refractivity contribution in [3.8, 4) is 5.75 Å². The van der Waals surface area contributed by atoms with Gasteiger partial charge in [0.2, 0.25) is 0 Å². The normalized spacial score (nSPS) is 13.2. The second-order valence-corrected chi connectivity index (χ2v) is 29.1. The van der Waals surface area contributed by atoms with Crippen LogP contribution in [0.3, 0.4) is 0 Å². The second kappa shape index (κ2) is 39.9. The molecule has 3 aliphatic rings. The molecule has 0 atom stereocenters. The number of anilines is 3. The lowest BCUT2D eigenvalue weighted by Crippen LogP contribution is -2.49. The number of ether oxygens (including phenoxy) is 4. The van der Waals surface area contributed by atoms with Crippen LogP contribution in [0.2, 0.25) is 10.0 Å². The summed E-state index contributed by atoms with van der Waals surface area (Å²) in [5.74, 6) is -1.27. The number of furan rings is 1. The molecule has 117 heavy (non-hydrogen) atoms.